The Morgan fingerprint density at radius 3 is 2.61 bits per heavy atom. The van der Waals surface area contributed by atoms with Gasteiger partial charge in [0.2, 0.25) is 11.8 Å². The minimum Gasteiger partial charge on any atom is -0.338 e. The largest absolute Gasteiger partial charge is 0.338 e. The van der Waals surface area contributed by atoms with Gasteiger partial charge in [0.05, 0.1) is 11.7 Å². The molecule has 0 aliphatic carbocycles. The normalized spacial score (nSPS) is 19.2. The van der Waals surface area contributed by atoms with E-state index in [0.29, 0.717) is 5.88 Å². The lowest BCUT2D eigenvalue weighted by molar-refractivity contribution is -0.120. The van der Waals surface area contributed by atoms with Crippen LogP contribution < -0.4 is 5.32 Å². The lowest BCUT2D eigenvalue weighted by atomic mass is 10.2. The van der Waals surface area contributed by atoms with Crippen molar-refractivity contribution < 1.29 is 9.32 Å². The van der Waals surface area contributed by atoms with Gasteiger partial charge in [0.15, 0.2) is 0 Å². The van der Waals surface area contributed by atoms with Gasteiger partial charge in [-0.25, -0.2) is 0 Å². The fourth-order valence-electron chi connectivity index (χ4n) is 2.30. The Balaban J connectivity index is 1.91. The molecule has 1 aliphatic heterocycles. The number of rotatable bonds is 3. The van der Waals surface area contributed by atoms with Crippen LogP contribution in [0.1, 0.15) is 38.3 Å². The zero-order chi connectivity index (χ0) is 13.0. The van der Waals surface area contributed by atoms with Crippen LogP contribution in [0.3, 0.4) is 0 Å². The lowest BCUT2D eigenvalue weighted by Crippen LogP contribution is -2.42. The fourth-order valence-corrected chi connectivity index (χ4v) is 2.30. The van der Waals surface area contributed by atoms with Crippen molar-refractivity contribution in [2.45, 2.75) is 45.6 Å². The van der Waals surface area contributed by atoms with Crippen LogP contribution in [0.5, 0.6) is 0 Å². The van der Waals surface area contributed by atoms with E-state index in [-0.39, 0.29) is 11.9 Å². The van der Waals surface area contributed by atoms with E-state index in [0.717, 1.165) is 18.8 Å². The third-order valence-electron chi connectivity index (χ3n) is 3.44. The number of nitrogens with one attached hydrogen (secondary N) is 1. The molecule has 0 bridgehead atoms. The van der Waals surface area contributed by atoms with Crippen LogP contribution in [0.15, 0.2) is 10.6 Å². The average molecular weight is 251 g/mol. The van der Waals surface area contributed by atoms with Crippen LogP contribution in [0.2, 0.25) is 0 Å². The van der Waals surface area contributed by atoms with E-state index in [4.69, 9.17) is 4.52 Å². The molecule has 1 N–H and O–H groups in total. The number of anilines is 1. The summed E-state index contributed by atoms with van der Waals surface area (Å²) in [6, 6.07) is 1.61. The SMILES string of the molecule is Cc1cc(NC(=O)C(C)N2CCCCCC2)on1. The molecule has 1 amide bonds. The first-order valence-corrected chi connectivity index (χ1v) is 6.65. The maximum atomic E-state index is 12.1. The average Bonchev–Trinajstić information content (AvgIpc) is 2.62. The third kappa shape index (κ3) is 3.32. The molecule has 1 aromatic rings. The molecule has 0 saturated carbocycles. The standard InChI is InChI=1S/C13H21N3O2/c1-10-9-12(18-15-10)14-13(17)11(2)16-7-5-3-4-6-8-16/h9,11H,3-8H2,1-2H3,(H,14,17). The number of aromatic nitrogens is 1. The molecule has 2 heterocycles. The molecule has 1 aliphatic rings. The summed E-state index contributed by atoms with van der Waals surface area (Å²) in [5, 5.41) is 6.52. The topological polar surface area (TPSA) is 58.4 Å². The first-order valence-electron chi connectivity index (χ1n) is 6.65. The van der Waals surface area contributed by atoms with Gasteiger partial charge in [-0.3, -0.25) is 15.0 Å². The Morgan fingerprint density at radius 2 is 2.06 bits per heavy atom. The van der Waals surface area contributed by atoms with Gasteiger partial charge in [0.1, 0.15) is 0 Å². The van der Waals surface area contributed by atoms with E-state index in [9.17, 15) is 4.79 Å². The molecule has 100 valence electrons. The minimum absolute atomic E-state index is 0.0203. The van der Waals surface area contributed by atoms with Crippen LogP contribution in [0, 0.1) is 6.92 Å². The molecule has 1 unspecified atom stereocenters. The summed E-state index contributed by atoms with van der Waals surface area (Å²) in [5.74, 6) is 0.409. The van der Waals surface area contributed by atoms with Gasteiger partial charge < -0.3 is 4.52 Å². The van der Waals surface area contributed by atoms with Gasteiger partial charge in [0, 0.05) is 6.07 Å². The van der Waals surface area contributed by atoms with Crippen molar-refractivity contribution >= 4 is 11.8 Å². The van der Waals surface area contributed by atoms with E-state index >= 15 is 0 Å². The summed E-state index contributed by atoms with van der Waals surface area (Å²) < 4.78 is 5.00. The maximum absolute atomic E-state index is 12.1. The zero-order valence-electron chi connectivity index (χ0n) is 11.1. The molecule has 5 heteroatoms. The lowest BCUT2D eigenvalue weighted by Gasteiger charge is -2.25. The van der Waals surface area contributed by atoms with Crippen molar-refractivity contribution in [1.29, 1.82) is 0 Å². The van der Waals surface area contributed by atoms with Gasteiger partial charge in [0.25, 0.3) is 0 Å². The van der Waals surface area contributed by atoms with Crippen molar-refractivity contribution in [2.24, 2.45) is 0 Å². The highest BCUT2D eigenvalue weighted by Gasteiger charge is 2.22. The number of hydrogen-bond acceptors (Lipinski definition) is 4. The van der Waals surface area contributed by atoms with E-state index in [1.165, 1.54) is 25.7 Å². The van der Waals surface area contributed by atoms with Gasteiger partial charge in [-0.1, -0.05) is 18.0 Å². The maximum Gasteiger partial charge on any atom is 0.243 e. The second-order valence-corrected chi connectivity index (χ2v) is 4.95. The number of carbonyl (C=O) groups is 1. The fraction of sp³-hybridized carbons (Fsp3) is 0.692. The Hall–Kier alpha value is -1.36. The quantitative estimate of drug-likeness (QED) is 0.894. The Kier molecular flexibility index (Phi) is 4.36. The highest BCUT2D eigenvalue weighted by Crippen LogP contribution is 2.14. The number of carbonyl (C=O) groups excluding carboxylic acids is 1. The highest BCUT2D eigenvalue weighted by molar-refractivity contribution is 5.93. The van der Waals surface area contributed by atoms with Crippen LogP contribution in [-0.4, -0.2) is 35.1 Å². The second-order valence-electron chi connectivity index (χ2n) is 4.95. The van der Waals surface area contributed by atoms with Crippen molar-refractivity contribution in [3.8, 4) is 0 Å². The van der Waals surface area contributed by atoms with Crippen LogP contribution in [0.4, 0.5) is 5.88 Å². The summed E-state index contributed by atoms with van der Waals surface area (Å²) in [6.07, 6.45) is 4.90. The predicted molar refractivity (Wildman–Crippen MR) is 69.4 cm³/mol. The third-order valence-corrected chi connectivity index (χ3v) is 3.44. The Bertz CT molecular complexity index is 395. The van der Waals surface area contributed by atoms with Crippen LogP contribution in [-0.2, 0) is 4.79 Å². The highest BCUT2D eigenvalue weighted by atomic mass is 16.5. The van der Waals surface area contributed by atoms with Crippen molar-refractivity contribution in [1.82, 2.24) is 10.1 Å². The number of nitrogens with zero attached hydrogens (tertiary/aromatic N) is 2. The smallest absolute Gasteiger partial charge is 0.243 e. The molecular weight excluding hydrogens is 230 g/mol. The Morgan fingerprint density at radius 1 is 1.39 bits per heavy atom. The van der Waals surface area contributed by atoms with E-state index in [1.807, 2.05) is 13.8 Å². The number of aryl methyl sites for hydroxylation is 1. The monoisotopic (exact) mass is 251 g/mol. The molecule has 1 aromatic heterocycles. The number of hydrogen-bond donors (Lipinski definition) is 1. The minimum atomic E-state index is -0.117. The summed E-state index contributed by atoms with van der Waals surface area (Å²) in [4.78, 5) is 14.3. The first-order chi connectivity index (χ1) is 8.66. The van der Waals surface area contributed by atoms with E-state index < -0.39 is 0 Å². The van der Waals surface area contributed by atoms with Gasteiger partial charge in [-0.2, -0.15) is 0 Å². The summed E-state index contributed by atoms with van der Waals surface area (Å²) in [6.45, 7) is 5.79. The summed E-state index contributed by atoms with van der Waals surface area (Å²) >= 11 is 0. The second kappa shape index (κ2) is 6.00. The summed E-state index contributed by atoms with van der Waals surface area (Å²) in [7, 11) is 0. The summed E-state index contributed by atoms with van der Waals surface area (Å²) in [5.41, 5.74) is 0.771. The Labute approximate surface area is 108 Å². The number of amides is 1. The predicted octanol–water partition coefficient (Wildman–Crippen LogP) is 2.19. The van der Waals surface area contributed by atoms with Gasteiger partial charge >= 0.3 is 0 Å². The molecule has 1 atom stereocenters. The molecule has 0 spiro atoms. The molecule has 0 radical (unpaired) electrons. The van der Waals surface area contributed by atoms with Crippen LogP contribution >= 0.6 is 0 Å². The van der Waals surface area contributed by atoms with Gasteiger partial charge in [-0.05, 0) is 39.8 Å². The molecule has 0 aromatic carbocycles. The van der Waals surface area contributed by atoms with E-state index in [2.05, 4.69) is 15.4 Å². The van der Waals surface area contributed by atoms with Crippen molar-refractivity contribution in [3.05, 3.63) is 11.8 Å². The molecule has 1 fully saturated rings. The molecule has 5 nitrogen and oxygen atoms in total. The van der Waals surface area contributed by atoms with Crippen molar-refractivity contribution in [3.63, 3.8) is 0 Å². The molecule has 18 heavy (non-hydrogen) atoms. The van der Waals surface area contributed by atoms with Gasteiger partial charge in [-0.15, -0.1) is 0 Å². The molecule has 2 rings (SSSR count). The molecule has 1 saturated heterocycles. The first kappa shape index (κ1) is 13.1. The van der Waals surface area contributed by atoms with Crippen LogP contribution in [0.25, 0.3) is 0 Å². The number of likely N-dealkylation sites (tertiary alicyclic amines) is 1. The zero-order valence-corrected chi connectivity index (χ0v) is 11.1. The van der Waals surface area contributed by atoms with E-state index in [1.54, 1.807) is 6.07 Å². The van der Waals surface area contributed by atoms with Crippen molar-refractivity contribution in [2.75, 3.05) is 18.4 Å². The molecular formula is C13H21N3O2.